The molecule has 1 rings (SSSR count). The van der Waals surface area contributed by atoms with E-state index in [-0.39, 0.29) is 0 Å². The van der Waals surface area contributed by atoms with Gasteiger partial charge in [-0.2, -0.15) is 0 Å². The molecule has 0 radical (unpaired) electrons. The molecule has 0 saturated carbocycles. The van der Waals surface area contributed by atoms with Crippen LogP contribution >= 0.6 is 0 Å². The highest BCUT2D eigenvalue weighted by molar-refractivity contribution is 6.00. The van der Waals surface area contributed by atoms with Gasteiger partial charge in [-0.15, -0.1) is 9.98 Å². The van der Waals surface area contributed by atoms with Gasteiger partial charge in [0.15, 0.2) is 5.60 Å². The van der Waals surface area contributed by atoms with E-state index in [1.807, 2.05) is 0 Å². The number of hydrogen-bond acceptors (Lipinski definition) is 4. The number of nitrogens with zero attached hydrogens (tertiary/aromatic N) is 2. The first kappa shape index (κ1) is 10.2. The van der Waals surface area contributed by atoms with Crippen LogP contribution in [0.25, 0.3) is 0 Å². The molecule has 1 unspecified atom stereocenters. The summed E-state index contributed by atoms with van der Waals surface area (Å²) < 4.78 is 0. The molecule has 74 valence electrons. The van der Waals surface area contributed by atoms with E-state index in [9.17, 15) is 19.5 Å². The summed E-state index contributed by atoms with van der Waals surface area (Å²) in [6, 6.07) is 1.77. The number of aliphatic imine (C=N–C) groups is 2. The zero-order chi connectivity index (χ0) is 10.8. The van der Waals surface area contributed by atoms with Crippen LogP contribution < -0.4 is 0 Å². The molecule has 0 aromatic heterocycles. The van der Waals surface area contributed by atoms with Crippen molar-refractivity contribution >= 4 is 23.8 Å². The zero-order valence-corrected chi connectivity index (χ0v) is 6.93. The van der Waals surface area contributed by atoms with Gasteiger partial charge in [0.1, 0.15) is 6.01 Å². The topological polar surface area (TPSA) is 116 Å². The van der Waals surface area contributed by atoms with Crippen molar-refractivity contribution in [3.63, 3.8) is 0 Å². The summed E-state index contributed by atoms with van der Waals surface area (Å²) in [5, 5.41) is 17.9. The van der Waals surface area contributed by atoms with Crippen LogP contribution in [0.4, 0.5) is 0 Å². The third kappa shape index (κ3) is 2.09. The molecule has 1 heterocycles. The molecule has 0 spiro atoms. The molecule has 14 heavy (non-hydrogen) atoms. The maximum atomic E-state index is 11.1. The minimum Gasteiger partial charge on any atom is -0.481 e. The van der Waals surface area contributed by atoms with Crippen molar-refractivity contribution in [2.75, 3.05) is 0 Å². The lowest BCUT2D eigenvalue weighted by molar-refractivity contribution is -0.152. The third-order valence-electron chi connectivity index (χ3n) is 1.61. The Bertz CT molecular complexity index is 368. The van der Waals surface area contributed by atoms with E-state index >= 15 is 0 Å². The number of carboxylic acid groups (broad SMARTS) is 1. The first-order valence-corrected chi connectivity index (χ1v) is 3.62. The molecule has 7 nitrogen and oxygen atoms in total. The van der Waals surface area contributed by atoms with Crippen LogP contribution in [-0.4, -0.2) is 39.6 Å². The standard InChI is InChI=1S/C7H6N2O5/c10-4-1-7(14,2-5(11)12)6(13)9-3-8-4/h14H,1-2H2,(H,11,12). The Kier molecular flexibility index (Phi) is 2.55. The lowest BCUT2D eigenvalue weighted by Gasteiger charge is -2.18. The lowest BCUT2D eigenvalue weighted by Crippen LogP contribution is -2.41. The normalized spacial score (nSPS) is 26.4. The molecule has 2 N–H and O–H groups in total. The average molecular weight is 198 g/mol. The van der Waals surface area contributed by atoms with Crippen molar-refractivity contribution in [2.24, 2.45) is 9.98 Å². The van der Waals surface area contributed by atoms with Crippen molar-refractivity contribution in [1.82, 2.24) is 0 Å². The quantitative estimate of drug-likeness (QED) is 0.579. The first-order valence-electron chi connectivity index (χ1n) is 3.62. The second kappa shape index (κ2) is 3.49. The van der Waals surface area contributed by atoms with Gasteiger partial charge in [0.25, 0.3) is 11.8 Å². The molecular weight excluding hydrogens is 192 g/mol. The van der Waals surface area contributed by atoms with Gasteiger partial charge in [0, 0.05) is 0 Å². The summed E-state index contributed by atoms with van der Waals surface area (Å²) in [6.45, 7) is 0. The Morgan fingerprint density at radius 1 is 1.50 bits per heavy atom. The van der Waals surface area contributed by atoms with Crippen LogP contribution in [0.1, 0.15) is 12.8 Å². The number of amides is 2. The fourth-order valence-electron chi connectivity index (χ4n) is 0.984. The van der Waals surface area contributed by atoms with Gasteiger partial charge in [0.2, 0.25) is 0 Å². The van der Waals surface area contributed by atoms with Gasteiger partial charge >= 0.3 is 5.97 Å². The van der Waals surface area contributed by atoms with Crippen LogP contribution in [0.3, 0.4) is 0 Å². The molecule has 0 aliphatic carbocycles. The molecule has 0 aromatic rings. The predicted octanol–water partition coefficient (Wildman–Crippen LogP) is -1.18. The van der Waals surface area contributed by atoms with Gasteiger partial charge in [-0.25, -0.2) is 0 Å². The number of carbonyl (C=O) groups is 3. The van der Waals surface area contributed by atoms with Gasteiger partial charge in [-0.05, 0) is 0 Å². The summed E-state index contributed by atoms with van der Waals surface area (Å²) in [5.74, 6) is -3.34. The monoisotopic (exact) mass is 198 g/mol. The van der Waals surface area contributed by atoms with E-state index in [1.165, 1.54) is 0 Å². The minimum atomic E-state index is -2.30. The van der Waals surface area contributed by atoms with E-state index in [0.29, 0.717) is 0 Å². The largest absolute Gasteiger partial charge is 0.481 e. The second-order valence-electron chi connectivity index (χ2n) is 2.80. The second-order valence-corrected chi connectivity index (χ2v) is 2.80. The predicted molar refractivity (Wildman–Crippen MR) is 41.7 cm³/mol. The van der Waals surface area contributed by atoms with Crippen molar-refractivity contribution in [3.8, 4) is 0 Å². The maximum absolute atomic E-state index is 11.1. The highest BCUT2D eigenvalue weighted by atomic mass is 16.4. The Morgan fingerprint density at radius 2 is 2.14 bits per heavy atom. The molecule has 1 aliphatic rings. The van der Waals surface area contributed by atoms with Gasteiger partial charge in [0.05, 0.1) is 12.8 Å². The maximum Gasteiger partial charge on any atom is 0.306 e. The van der Waals surface area contributed by atoms with Crippen molar-refractivity contribution in [2.45, 2.75) is 18.4 Å². The lowest BCUT2D eigenvalue weighted by atomic mass is 9.94. The Morgan fingerprint density at radius 3 is 2.71 bits per heavy atom. The highest BCUT2D eigenvalue weighted by Crippen LogP contribution is 2.19. The van der Waals surface area contributed by atoms with E-state index < -0.39 is 36.2 Å². The van der Waals surface area contributed by atoms with Crippen molar-refractivity contribution < 1.29 is 24.6 Å². The smallest absolute Gasteiger partial charge is 0.306 e. The third-order valence-corrected chi connectivity index (χ3v) is 1.61. The number of aliphatic carboxylic acids is 1. The van der Waals surface area contributed by atoms with Gasteiger partial charge in [-0.1, -0.05) is 0 Å². The molecule has 1 atom stereocenters. The van der Waals surface area contributed by atoms with Crippen LogP contribution in [0.15, 0.2) is 9.98 Å². The minimum absolute atomic E-state index is 0.686. The number of rotatable bonds is 2. The highest BCUT2D eigenvalue weighted by Gasteiger charge is 2.41. The van der Waals surface area contributed by atoms with E-state index in [4.69, 9.17) is 5.11 Å². The van der Waals surface area contributed by atoms with Crippen LogP contribution in [0.2, 0.25) is 0 Å². The average Bonchev–Trinajstić information content (AvgIpc) is 2.11. The van der Waals surface area contributed by atoms with Crippen LogP contribution in [0, 0.1) is 0 Å². The molecular formula is C7H6N2O5. The van der Waals surface area contributed by atoms with Crippen molar-refractivity contribution in [1.29, 1.82) is 0 Å². The van der Waals surface area contributed by atoms with E-state index in [0.717, 1.165) is 0 Å². The molecule has 0 saturated heterocycles. The van der Waals surface area contributed by atoms with Crippen molar-refractivity contribution in [3.05, 3.63) is 0 Å². The molecule has 7 heteroatoms. The SMILES string of the molecule is O=C(O)CC1(O)CC(=O)N=C=NC1=O. The molecule has 0 aromatic carbocycles. The number of hydrogen-bond donors (Lipinski definition) is 2. The zero-order valence-electron chi connectivity index (χ0n) is 6.93. The first-order chi connectivity index (χ1) is 6.44. The summed E-state index contributed by atoms with van der Waals surface area (Å²) in [4.78, 5) is 38.3. The number of carboxylic acids is 1. The molecule has 0 bridgehead atoms. The summed E-state index contributed by atoms with van der Waals surface area (Å²) in [5.41, 5.74) is -2.30. The Hall–Kier alpha value is -1.85. The molecule has 0 fully saturated rings. The van der Waals surface area contributed by atoms with Crippen LogP contribution in [0.5, 0.6) is 0 Å². The Balaban J connectivity index is 2.97. The fourth-order valence-corrected chi connectivity index (χ4v) is 0.984. The van der Waals surface area contributed by atoms with Gasteiger partial charge in [-0.3, -0.25) is 14.4 Å². The van der Waals surface area contributed by atoms with Crippen LogP contribution in [-0.2, 0) is 14.4 Å². The van der Waals surface area contributed by atoms with E-state index in [2.05, 4.69) is 9.98 Å². The summed E-state index contributed by atoms with van der Waals surface area (Å²) in [6.07, 6.45) is -1.56. The fraction of sp³-hybridized carbons (Fsp3) is 0.429. The number of carbonyl (C=O) groups excluding carboxylic acids is 2. The number of aliphatic hydroxyl groups is 1. The van der Waals surface area contributed by atoms with Gasteiger partial charge < -0.3 is 10.2 Å². The summed E-state index contributed by atoms with van der Waals surface area (Å²) >= 11 is 0. The Labute approximate surface area is 77.8 Å². The van der Waals surface area contributed by atoms with E-state index in [1.54, 1.807) is 6.01 Å². The summed E-state index contributed by atoms with van der Waals surface area (Å²) in [7, 11) is 0. The molecule has 2 amide bonds. The molecule has 1 aliphatic heterocycles.